The molecule has 0 spiro atoms. The van der Waals surface area contributed by atoms with Crippen LogP contribution >= 0.6 is 0 Å². The van der Waals surface area contributed by atoms with Gasteiger partial charge in [-0.1, -0.05) is 18.2 Å². The third-order valence-corrected chi connectivity index (χ3v) is 4.28. The fourth-order valence-electron chi connectivity index (χ4n) is 2.86. The van der Waals surface area contributed by atoms with E-state index in [1.54, 1.807) is 42.2 Å². The largest absolute Gasteiger partial charge is 0.508 e. The van der Waals surface area contributed by atoms with Gasteiger partial charge >= 0.3 is 0 Å². The molecule has 0 aromatic heterocycles. The van der Waals surface area contributed by atoms with E-state index in [9.17, 15) is 14.7 Å². The van der Waals surface area contributed by atoms with E-state index in [1.165, 1.54) is 0 Å². The predicted molar refractivity (Wildman–Crippen MR) is 95.2 cm³/mol. The van der Waals surface area contributed by atoms with Gasteiger partial charge in [0, 0.05) is 19.1 Å². The Hall–Kier alpha value is -2.34. The minimum absolute atomic E-state index is 0.0179. The van der Waals surface area contributed by atoms with Crippen LogP contribution in [-0.2, 0) is 20.7 Å². The second-order valence-corrected chi connectivity index (χ2v) is 6.27. The SMILES string of the molecule is C=CCO[C@H](C)C(=O)N1CCC(NC(=O)Cc2ccc(O)cc2)CC1. The molecule has 0 aliphatic carbocycles. The lowest BCUT2D eigenvalue weighted by atomic mass is 10.0. The molecule has 6 nitrogen and oxygen atoms in total. The van der Waals surface area contributed by atoms with Gasteiger partial charge in [0.2, 0.25) is 5.91 Å². The lowest BCUT2D eigenvalue weighted by Gasteiger charge is -2.33. The zero-order valence-electron chi connectivity index (χ0n) is 14.6. The van der Waals surface area contributed by atoms with Gasteiger partial charge < -0.3 is 20.1 Å². The minimum Gasteiger partial charge on any atom is -0.508 e. The van der Waals surface area contributed by atoms with Crippen LogP contribution in [0.2, 0.25) is 0 Å². The number of nitrogens with zero attached hydrogens (tertiary/aromatic N) is 1. The molecule has 2 N–H and O–H groups in total. The Morgan fingerprint density at radius 2 is 2.00 bits per heavy atom. The number of benzene rings is 1. The summed E-state index contributed by atoms with van der Waals surface area (Å²) in [6.45, 7) is 6.91. The van der Waals surface area contributed by atoms with Gasteiger partial charge in [-0.05, 0) is 37.5 Å². The summed E-state index contributed by atoms with van der Waals surface area (Å²) in [4.78, 5) is 26.2. The maximum atomic E-state index is 12.3. The maximum Gasteiger partial charge on any atom is 0.251 e. The average Bonchev–Trinajstić information content (AvgIpc) is 2.61. The molecule has 1 aliphatic rings. The molecule has 1 fully saturated rings. The van der Waals surface area contributed by atoms with Crippen molar-refractivity contribution in [3.05, 3.63) is 42.5 Å². The summed E-state index contributed by atoms with van der Waals surface area (Å²) in [5.41, 5.74) is 0.858. The van der Waals surface area contributed by atoms with Gasteiger partial charge in [0.15, 0.2) is 0 Å². The van der Waals surface area contributed by atoms with Crippen LogP contribution in [0.25, 0.3) is 0 Å². The molecule has 1 atom stereocenters. The molecule has 2 amide bonds. The number of carbonyl (C=O) groups excluding carboxylic acids is 2. The second-order valence-electron chi connectivity index (χ2n) is 6.27. The molecule has 0 unspecified atom stereocenters. The third-order valence-electron chi connectivity index (χ3n) is 4.28. The van der Waals surface area contributed by atoms with E-state index in [0.29, 0.717) is 19.7 Å². The van der Waals surface area contributed by atoms with Crippen LogP contribution in [0.5, 0.6) is 5.75 Å². The van der Waals surface area contributed by atoms with E-state index >= 15 is 0 Å². The third kappa shape index (κ3) is 5.90. The summed E-state index contributed by atoms with van der Waals surface area (Å²) in [6.07, 6.45) is 2.91. The Morgan fingerprint density at radius 3 is 2.60 bits per heavy atom. The number of piperidine rings is 1. The number of rotatable bonds is 7. The van der Waals surface area contributed by atoms with Gasteiger partial charge in [0.25, 0.3) is 5.91 Å². The summed E-state index contributed by atoms with van der Waals surface area (Å²) in [7, 11) is 0. The van der Waals surface area contributed by atoms with Gasteiger partial charge in [-0.2, -0.15) is 0 Å². The zero-order valence-corrected chi connectivity index (χ0v) is 14.6. The molecular formula is C19H26N2O4. The van der Waals surface area contributed by atoms with E-state index in [-0.39, 0.29) is 30.0 Å². The summed E-state index contributed by atoms with van der Waals surface area (Å²) in [6, 6.07) is 6.70. The van der Waals surface area contributed by atoms with E-state index in [2.05, 4.69) is 11.9 Å². The van der Waals surface area contributed by atoms with Gasteiger partial charge in [-0.15, -0.1) is 6.58 Å². The number of phenolic OH excluding ortho intramolecular Hbond substituents is 1. The smallest absolute Gasteiger partial charge is 0.251 e. The normalized spacial score (nSPS) is 16.3. The van der Waals surface area contributed by atoms with Crippen molar-refractivity contribution in [3.8, 4) is 5.75 Å². The Labute approximate surface area is 148 Å². The zero-order chi connectivity index (χ0) is 18.2. The van der Waals surface area contributed by atoms with Crippen molar-refractivity contribution < 1.29 is 19.4 Å². The molecule has 1 saturated heterocycles. The average molecular weight is 346 g/mol. The first kappa shape index (κ1) is 19.0. The van der Waals surface area contributed by atoms with Crippen molar-refractivity contribution >= 4 is 11.8 Å². The molecule has 0 bridgehead atoms. The number of likely N-dealkylation sites (tertiary alicyclic amines) is 1. The van der Waals surface area contributed by atoms with E-state index in [1.807, 2.05) is 0 Å². The van der Waals surface area contributed by atoms with Gasteiger partial charge in [0.1, 0.15) is 11.9 Å². The quantitative estimate of drug-likeness (QED) is 0.736. The van der Waals surface area contributed by atoms with Crippen LogP contribution in [0.15, 0.2) is 36.9 Å². The lowest BCUT2D eigenvalue weighted by Crippen LogP contribution is -2.49. The first-order chi connectivity index (χ1) is 12.0. The van der Waals surface area contributed by atoms with Crippen molar-refractivity contribution in [2.75, 3.05) is 19.7 Å². The molecule has 1 aromatic carbocycles. The highest BCUT2D eigenvalue weighted by atomic mass is 16.5. The van der Waals surface area contributed by atoms with Crippen molar-refractivity contribution in [2.45, 2.75) is 38.3 Å². The molecule has 0 saturated carbocycles. The summed E-state index contributed by atoms with van der Waals surface area (Å²) >= 11 is 0. The highest BCUT2D eigenvalue weighted by Gasteiger charge is 2.26. The van der Waals surface area contributed by atoms with Crippen LogP contribution in [0.3, 0.4) is 0 Å². The summed E-state index contributed by atoms with van der Waals surface area (Å²) in [5.74, 6) is 0.126. The van der Waals surface area contributed by atoms with Crippen LogP contribution in [0.4, 0.5) is 0 Å². The molecule has 1 heterocycles. The number of hydrogen-bond acceptors (Lipinski definition) is 4. The first-order valence-electron chi connectivity index (χ1n) is 8.58. The van der Waals surface area contributed by atoms with Crippen LogP contribution < -0.4 is 5.32 Å². The second kappa shape index (κ2) is 9.22. The first-order valence-corrected chi connectivity index (χ1v) is 8.58. The Kier molecular flexibility index (Phi) is 7.01. The van der Waals surface area contributed by atoms with Gasteiger partial charge in [0.05, 0.1) is 13.0 Å². The topological polar surface area (TPSA) is 78.9 Å². The lowest BCUT2D eigenvalue weighted by molar-refractivity contribution is -0.143. The Balaban J connectivity index is 1.74. The fraction of sp³-hybridized carbons (Fsp3) is 0.474. The highest BCUT2D eigenvalue weighted by molar-refractivity contribution is 5.81. The van der Waals surface area contributed by atoms with E-state index in [0.717, 1.165) is 18.4 Å². The molecule has 1 aromatic rings. The monoisotopic (exact) mass is 346 g/mol. The fourth-order valence-corrected chi connectivity index (χ4v) is 2.86. The van der Waals surface area contributed by atoms with Crippen LogP contribution in [-0.4, -0.2) is 53.7 Å². The standard InChI is InChI=1S/C19H26N2O4/c1-3-12-25-14(2)19(24)21-10-8-16(9-11-21)20-18(23)13-15-4-6-17(22)7-5-15/h3-7,14,16,22H,1,8-13H2,2H3,(H,20,23)/t14-/m1/s1. The summed E-state index contributed by atoms with van der Waals surface area (Å²) in [5, 5.41) is 12.3. The molecule has 2 rings (SSSR count). The maximum absolute atomic E-state index is 12.3. The molecular weight excluding hydrogens is 320 g/mol. The number of aromatic hydroxyl groups is 1. The van der Waals surface area contributed by atoms with Gasteiger partial charge in [-0.25, -0.2) is 0 Å². The Bertz CT molecular complexity index is 592. The van der Waals surface area contributed by atoms with E-state index in [4.69, 9.17) is 4.74 Å². The van der Waals surface area contributed by atoms with Crippen molar-refractivity contribution in [1.82, 2.24) is 10.2 Å². The Morgan fingerprint density at radius 1 is 1.36 bits per heavy atom. The number of amides is 2. The number of nitrogens with one attached hydrogen (secondary N) is 1. The number of carbonyl (C=O) groups is 2. The molecule has 0 radical (unpaired) electrons. The van der Waals surface area contributed by atoms with Crippen LogP contribution in [0, 0.1) is 0 Å². The van der Waals surface area contributed by atoms with Crippen molar-refractivity contribution in [1.29, 1.82) is 0 Å². The molecule has 1 aliphatic heterocycles. The van der Waals surface area contributed by atoms with E-state index < -0.39 is 6.10 Å². The highest BCUT2D eigenvalue weighted by Crippen LogP contribution is 2.14. The minimum atomic E-state index is -0.473. The molecule has 6 heteroatoms. The number of phenols is 1. The van der Waals surface area contributed by atoms with Gasteiger partial charge in [-0.3, -0.25) is 9.59 Å². The summed E-state index contributed by atoms with van der Waals surface area (Å²) < 4.78 is 5.38. The van der Waals surface area contributed by atoms with Crippen molar-refractivity contribution in [2.24, 2.45) is 0 Å². The number of ether oxygens (including phenoxy) is 1. The molecule has 136 valence electrons. The number of hydrogen-bond donors (Lipinski definition) is 2. The predicted octanol–water partition coefficient (Wildman–Crippen LogP) is 1.63. The van der Waals surface area contributed by atoms with Crippen molar-refractivity contribution in [3.63, 3.8) is 0 Å². The molecule has 25 heavy (non-hydrogen) atoms. The van der Waals surface area contributed by atoms with Crippen LogP contribution in [0.1, 0.15) is 25.3 Å².